The zero-order valence-electron chi connectivity index (χ0n) is 17.5. The van der Waals surface area contributed by atoms with Crippen LogP contribution in [-0.4, -0.2) is 62.2 Å². The third kappa shape index (κ3) is 5.41. The molecule has 1 aliphatic rings. The molecule has 0 N–H and O–H groups in total. The van der Waals surface area contributed by atoms with E-state index < -0.39 is 0 Å². The number of amides is 1. The molecule has 29 heavy (non-hydrogen) atoms. The first-order valence-electron chi connectivity index (χ1n) is 10.2. The highest BCUT2D eigenvalue weighted by Gasteiger charge is 2.23. The average molecular weight is 399 g/mol. The van der Waals surface area contributed by atoms with Gasteiger partial charge in [-0.2, -0.15) is 0 Å². The fourth-order valence-electron chi connectivity index (χ4n) is 3.48. The van der Waals surface area contributed by atoms with E-state index in [0.29, 0.717) is 43.4 Å². The zero-order chi connectivity index (χ0) is 20.6. The number of piperazine rings is 1. The van der Waals surface area contributed by atoms with E-state index in [0.717, 1.165) is 25.4 Å². The van der Waals surface area contributed by atoms with Crippen LogP contribution >= 0.6 is 0 Å². The van der Waals surface area contributed by atoms with Crippen molar-refractivity contribution >= 4 is 5.91 Å². The average Bonchev–Trinajstić information content (AvgIpc) is 2.76. The molecule has 0 unspecified atom stereocenters. The largest absolute Gasteiger partial charge is 0.494 e. The molecule has 2 aromatic rings. The summed E-state index contributed by atoms with van der Waals surface area (Å²) in [6.45, 7) is 9.15. The molecule has 6 heteroatoms. The quantitative estimate of drug-likeness (QED) is 0.682. The first-order valence-corrected chi connectivity index (χ1v) is 10.2. The van der Waals surface area contributed by atoms with Crippen LogP contribution in [0, 0.1) is 0 Å². The molecule has 0 bridgehead atoms. The van der Waals surface area contributed by atoms with Crippen molar-refractivity contribution in [3.05, 3.63) is 53.6 Å². The Morgan fingerprint density at radius 1 is 0.897 bits per heavy atom. The summed E-state index contributed by atoms with van der Waals surface area (Å²) in [5.74, 6) is 2.18. The predicted molar refractivity (Wildman–Crippen MR) is 113 cm³/mol. The van der Waals surface area contributed by atoms with Crippen LogP contribution in [0.3, 0.4) is 0 Å². The van der Waals surface area contributed by atoms with Gasteiger partial charge in [0.05, 0.1) is 20.3 Å². The second-order valence-corrected chi connectivity index (χ2v) is 6.94. The van der Waals surface area contributed by atoms with Gasteiger partial charge in [-0.3, -0.25) is 9.69 Å². The molecule has 0 radical (unpaired) electrons. The molecular formula is C23H30N2O4. The number of benzene rings is 2. The topological polar surface area (TPSA) is 51.2 Å². The second-order valence-electron chi connectivity index (χ2n) is 6.94. The van der Waals surface area contributed by atoms with Crippen LogP contribution < -0.4 is 14.2 Å². The molecule has 156 valence electrons. The minimum atomic E-state index is 0.0343. The van der Waals surface area contributed by atoms with Gasteiger partial charge in [-0.15, -0.1) is 0 Å². The van der Waals surface area contributed by atoms with E-state index in [-0.39, 0.29) is 5.91 Å². The lowest BCUT2D eigenvalue weighted by atomic mass is 10.1. The highest BCUT2D eigenvalue weighted by atomic mass is 16.5. The summed E-state index contributed by atoms with van der Waals surface area (Å²) < 4.78 is 16.4. The molecule has 1 saturated heterocycles. The maximum atomic E-state index is 12.9. The monoisotopic (exact) mass is 398 g/mol. The summed E-state index contributed by atoms with van der Waals surface area (Å²) in [5, 5.41) is 0. The lowest BCUT2D eigenvalue weighted by Gasteiger charge is -2.35. The summed E-state index contributed by atoms with van der Waals surface area (Å²) in [4.78, 5) is 17.2. The molecule has 0 atom stereocenters. The first-order chi connectivity index (χ1) is 14.1. The number of hydrogen-bond donors (Lipinski definition) is 0. The number of carbonyl (C=O) groups excluding carboxylic acids is 1. The van der Waals surface area contributed by atoms with Crippen molar-refractivity contribution in [3.8, 4) is 17.2 Å². The molecule has 1 heterocycles. The fraction of sp³-hybridized carbons (Fsp3) is 0.435. The standard InChI is InChI=1S/C23H30N2O4/c1-4-28-20-9-6-18(7-10-20)17-24-12-14-25(15-13-24)23(26)19-8-11-21(29-5-2)22(16-19)27-3/h6-11,16H,4-5,12-15,17H2,1-3H3. The van der Waals surface area contributed by atoms with E-state index in [1.807, 2.05) is 36.9 Å². The zero-order valence-corrected chi connectivity index (χ0v) is 17.5. The van der Waals surface area contributed by atoms with Crippen molar-refractivity contribution in [3.63, 3.8) is 0 Å². The van der Waals surface area contributed by atoms with Crippen LogP contribution in [0.25, 0.3) is 0 Å². The van der Waals surface area contributed by atoms with Crippen molar-refractivity contribution in [2.75, 3.05) is 46.5 Å². The molecule has 1 amide bonds. The molecule has 0 aromatic heterocycles. The molecule has 0 saturated carbocycles. The van der Waals surface area contributed by atoms with Gasteiger partial charge in [0.15, 0.2) is 11.5 Å². The maximum absolute atomic E-state index is 12.9. The Hall–Kier alpha value is -2.73. The smallest absolute Gasteiger partial charge is 0.254 e. The van der Waals surface area contributed by atoms with E-state index in [4.69, 9.17) is 14.2 Å². The van der Waals surface area contributed by atoms with Gasteiger partial charge in [0.1, 0.15) is 5.75 Å². The second kappa shape index (κ2) is 10.2. The number of nitrogens with zero attached hydrogens (tertiary/aromatic N) is 2. The first kappa shape index (κ1) is 21.0. The van der Waals surface area contributed by atoms with E-state index in [9.17, 15) is 4.79 Å². The van der Waals surface area contributed by atoms with E-state index in [1.165, 1.54) is 5.56 Å². The lowest BCUT2D eigenvalue weighted by Crippen LogP contribution is -2.48. The Balaban J connectivity index is 1.55. The predicted octanol–water partition coefficient (Wildman–Crippen LogP) is 3.45. The molecular weight excluding hydrogens is 368 g/mol. The van der Waals surface area contributed by atoms with Crippen molar-refractivity contribution in [2.24, 2.45) is 0 Å². The lowest BCUT2D eigenvalue weighted by molar-refractivity contribution is 0.0628. The van der Waals surface area contributed by atoms with E-state index >= 15 is 0 Å². The van der Waals surface area contributed by atoms with Gasteiger partial charge in [0.25, 0.3) is 5.91 Å². The van der Waals surface area contributed by atoms with Gasteiger partial charge >= 0.3 is 0 Å². The third-order valence-electron chi connectivity index (χ3n) is 5.01. The van der Waals surface area contributed by atoms with Crippen LogP contribution in [-0.2, 0) is 6.54 Å². The summed E-state index contributed by atoms with van der Waals surface area (Å²) in [6.07, 6.45) is 0. The van der Waals surface area contributed by atoms with Crippen LogP contribution in [0.2, 0.25) is 0 Å². The minimum Gasteiger partial charge on any atom is -0.494 e. The van der Waals surface area contributed by atoms with Gasteiger partial charge in [0, 0.05) is 38.3 Å². The van der Waals surface area contributed by atoms with Gasteiger partial charge in [0.2, 0.25) is 0 Å². The number of methoxy groups -OCH3 is 1. The van der Waals surface area contributed by atoms with Gasteiger partial charge in [-0.05, 0) is 49.7 Å². The van der Waals surface area contributed by atoms with E-state index in [1.54, 1.807) is 19.2 Å². The molecule has 6 nitrogen and oxygen atoms in total. The molecule has 0 spiro atoms. The highest BCUT2D eigenvalue weighted by Crippen LogP contribution is 2.28. The SMILES string of the molecule is CCOc1ccc(CN2CCN(C(=O)c3ccc(OCC)c(OC)c3)CC2)cc1. The van der Waals surface area contributed by atoms with Gasteiger partial charge < -0.3 is 19.1 Å². The summed E-state index contributed by atoms with van der Waals surface area (Å²) in [7, 11) is 1.59. The normalized spacial score (nSPS) is 14.5. The van der Waals surface area contributed by atoms with Crippen molar-refractivity contribution in [2.45, 2.75) is 20.4 Å². The summed E-state index contributed by atoms with van der Waals surface area (Å²) >= 11 is 0. The Morgan fingerprint density at radius 3 is 2.21 bits per heavy atom. The summed E-state index contributed by atoms with van der Waals surface area (Å²) in [5.41, 5.74) is 1.88. The van der Waals surface area contributed by atoms with E-state index in [2.05, 4.69) is 17.0 Å². The molecule has 3 rings (SSSR count). The van der Waals surface area contributed by atoms with Gasteiger partial charge in [-0.25, -0.2) is 0 Å². The van der Waals surface area contributed by atoms with Crippen molar-refractivity contribution in [1.29, 1.82) is 0 Å². The molecule has 1 aliphatic heterocycles. The minimum absolute atomic E-state index is 0.0343. The molecule has 2 aromatic carbocycles. The highest BCUT2D eigenvalue weighted by molar-refractivity contribution is 5.95. The number of carbonyl (C=O) groups is 1. The maximum Gasteiger partial charge on any atom is 0.254 e. The number of rotatable bonds is 8. The molecule has 1 fully saturated rings. The van der Waals surface area contributed by atoms with Crippen molar-refractivity contribution < 1.29 is 19.0 Å². The Labute approximate surface area is 173 Å². The Morgan fingerprint density at radius 2 is 1.59 bits per heavy atom. The van der Waals surface area contributed by atoms with Gasteiger partial charge in [-0.1, -0.05) is 12.1 Å². The third-order valence-corrected chi connectivity index (χ3v) is 5.01. The van der Waals surface area contributed by atoms with Crippen molar-refractivity contribution in [1.82, 2.24) is 9.80 Å². The fourth-order valence-corrected chi connectivity index (χ4v) is 3.48. The number of hydrogen-bond acceptors (Lipinski definition) is 5. The Bertz CT molecular complexity index is 799. The van der Waals surface area contributed by atoms with Crippen LogP contribution in [0.1, 0.15) is 29.8 Å². The number of ether oxygens (including phenoxy) is 3. The summed E-state index contributed by atoms with van der Waals surface area (Å²) in [6, 6.07) is 13.6. The Kier molecular flexibility index (Phi) is 7.36. The van der Waals surface area contributed by atoms with Crippen LogP contribution in [0.5, 0.6) is 17.2 Å². The van der Waals surface area contributed by atoms with Crippen LogP contribution in [0.4, 0.5) is 0 Å². The molecule has 0 aliphatic carbocycles. The van der Waals surface area contributed by atoms with Crippen LogP contribution in [0.15, 0.2) is 42.5 Å².